The lowest BCUT2D eigenvalue weighted by atomic mass is 9.98. The Morgan fingerprint density at radius 1 is 1.16 bits per heavy atom. The van der Waals surface area contributed by atoms with Crippen LogP contribution < -0.4 is 10.6 Å². The number of rotatable bonds is 10. The zero-order chi connectivity index (χ0) is 14.8. The molecule has 0 aliphatic rings. The van der Waals surface area contributed by atoms with Crippen LogP contribution in [0.4, 0.5) is 0 Å². The molecule has 0 bridgehead atoms. The van der Waals surface area contributed by atoms with Crippen molar-refractivity contribution in [3.8, 4) is 0 Å². The molecule has 0 aliphatic carbocycles. The second-order valence-corrected chi connectivity index (χ2v) is 5.50. The van der Waals surface area contributed by atoms with Crippen LogP contribution >= 0.6 is 0 Å². The minimum absolute atomic E-state index is 0.0454. The van der Waals surface area contributed by atoms with Crippen LogP contribution in [0.1, 0.15) is 46.5 Å². The number of carboxylic acids is 1. The summed E-state index contributed by atoms with van der Waals surface area (Å²) in [5, 5.41) is 14.5. The van der Waals surface area contributed by atoms with Gasteiger partial charge in [-0.25, -0.2) is 0 Å². The first kappa shape index (κ1) is 17.9. The highest BCUT2D eigenvalue weighted by atomic mass is 16.4. The first-order valence-corrected chi connectivity index (χ1v) is 7.06. The molecule has 0 unspecified atom stereocenters. The molecule has 0 saturated heterocycles. The van der Waals surface area contributed by atoms with E-state index in [1.54, 1.807) is 7.05 Å². The third kappa shape index (κ3) is 8.59. The summed E-state index contributed by atoms with van der Waals surface area (Å²) in [6.07, 6.45) is 3.08. The molecule has 0 radical (unpaired) electrons. The summed E-state index contributed by atoms with van der Waals surface area (Å²) in [6, 6.07) is -0.490. The SMILES string of the molecule is CN[C@@H](CCCCNC(=O)[C@H](C)CC(C)C)C(=O)O. The average molecular weight is 272 g/mol. The van der Waals surface area contributed by atoms with Gasteiger partial charge in [0.25, 0.3) is 0 Å². The molecule has 0 aromatic carbocycles. The number of amides is 1. The maximum Gasteiger partial charge on any atom is 0.320 e. The molecule has 3 N–H and O–H groups in total. The summed E-state index contributed by atoms with van der Waals surface area (Å²) >= 11 is 0. The van der Waals surface area contributed by atoms with Gasteiger partial charge in [0, 0.05) is 12.5 Å². The van der Waals surface area contributed by atoms with Crippen LogP contribution in [-0.4, -0.2) is 36.6 Å². The Balaban J connectivity index is 3.69. The van der Waals surface area contributed by atoms with Gasteiger partial charge in [0.05, 0.1) is 0 Å². The second-order valence-electron chi connectivity index (χ2n) is 5.50. The van der Waals surface area contributed by atoms with Crippen LogP contribution in [0, 0.1) is 11.8 Å². The van der Waals surface area contributed by atoms with Gasteiger partial charge in [-0.2, -0.15) is 0 Å². The summed E-state index contributed by atoms with van der Waals surface area (Å²) < 4.78 is 0. The highest BCUT2D eigenvalue weighted by Crippen LogP contribution is 2.10. The molecule has 0 spiro atoms. The van der Waals surface area contributed by atoms with Gasteiger partial charge >= 0.3 is 5.97 Å². The zero-order valence-electron chi connectivity index (χ0n) is 12.5. The number of hydrogen-bond donors (Lipinski definition) is 3. The van der Waals surface area contributed by atoms with E-state index in [9.17, 15) is 9.59 Å². The third-order valence-electron chi connectivity index (χ3n) is 3.14. The van der Waals surface area contributed by atoms with Gasteiger partial charge < -0.3 is 15.7 Å². The lowest BCUT2D eigenvalue weighted by Gasteiger charge is -2.14. The first-order valence-electron chi connectivity index (χ1n) is 7.06. The number of aliphatic carboxylic acids is 1. The van der Waals surface area contributed by atoms with Crippen molar-refractivity contribution < 1.29 is 14.7 Å². The van der Waals surface area contributed by atoms with Gasteiger partial charge in [0.2, 0.25) is 5.91 Å². The molecule has 5 nitrogen and oxygen atoms in total. The van der Waals surface area contributed by atoms with Gasteiger partial charge in [-0.1, -0.05) is 20.8 Å². The highest BCUT2D eigenvalue weighted by Gasteiger charge is 2.15. The fourth-order valence-electron chi connectivity index (χ4n) is 2.06. The molecule has 5 heteroatoms. The maximum atomic E-state index is 11.7. The van der Waals surface area contributed by atoms with Crippen molar-refractivity contribution in [2.75, 3.05) is 13.6 Å². The van der Waals surface area contributed by atoms with E-state index in [0.717, 1.165) is 19.3 Å². The Hall–Kier alpha value is -1.10. The van der Waals surface area contributed by atoms with Crippen molar-refractivity contribution in [1.82, 2.24) is 10.6 Å². The highest BCUT2D eigenvalue weighted by molar-refractivity contribution is 5.78. The number of unbranched alkanes of at least 4 members (excludes halogenated alkanes) is 1. The Bertz CT molecular complexity index is 280. The molecule has 0 heterocycles. The van der Waals surface area contributed by atoms with Crippen LogP contribution in [0.25, 0.3) is 0 Å². The molecular weight excluding hydrogens is 244 g/mol. The topological polar surface area (TPSA) is 78.4 Å². The Morgan fingerprint density at radius 2 is 1.79 bits per heavy atom. The van der Waals surface area contributed by atoms with E-state index in [2.05, 4.69) is 24.5 Å². The summed E-state index contributed by atoms with van der Waals surface area (Å²) in [5.41, 5.74) is 0. The Morgan fingerprint density at radius 3 is 2.26 bits per heavy atom. The van der Waals surface area contributed by atoms with Crippen LogP contribution in [0.15, 0.2) is 0 Å². The summed E-state index contributed by atoms with van der Waals surface area (Å²) in [4.78, 5) is 22.5. The number of nitrogens with one attached hydrogen (secondary N) is 2. The van der Waals surface area contributed by atoms with Gasteiger partial charge in [-0.3, -0.25) is 9.59 Å². The van der Waals surface area contributed by atoms with Crippen molar-refractivity contribution in [1.29, 1.82) is 0 Å². The largest absolute Gasteiger partial charge is 0.480 e. The smallest absolute Gasteiger partial charge is 0.320 e. The molecule has 0 fully saturated rings. The molecule has 0 aromatic rings. The lowest BCUT2D eigenvalue weighted by Crippen LogP contribution is -2.34. The number of hydrogen-bond acceptors (Lipinski definition) is 3. The van der Waals surface area contributed by atoms with Crippen LogP contribution in [0.2, 0.25) is 0 Å². The third-order valence-corrected chi connectivity index (χ3v) is 3.14. The molecule has 0 aromatic heterocycles. The van der Waals surface area contributed by atoms with Crippen molar-refractivity contribution in [3.05, 3.63) is 0 Å². The van der Waals surface area contributed by atoms with Crippen molar-refractivity contribution >= 4 is 11.9 Å². The van der Waals surface area contributed by atoms with E-state index in [4.69, 9.17) is 5.11 Å². The lowest BCUT2D eigenvalue weighted by molar-refractivity contribution is -0.139. The molecule has 112 valence electrons. The van der Waals surface area contributed by atoms with Gasteiger partial charge in [-0.05, 0) is 38.6 Å². The van der Waals surface area contributed by atoms with Crippen LogP contribution in [-0.2, 0) is 9.59 Å². The number of carbonyl (C=O) groups is 2. The van der Waals surface area contributed by atoms with E-state index in [0.29, 0.717) is 18.9 Å². The van der Waals surface area contributed by atoms with Gasteiger partial charge in [-0.15, -0.1) is 0 Å². The number of carbonyl (C=O) groups excluding carboxylic acids is 1. The second kappa shape index (κ2) is 9.78. The van der Waals surface area contributed by atoms with E-state index in [1.807, 2.05) is 6.92 Å². The summed E-state index contributed by atoms with van der Waals surface area (Å²) in [7, 11) is 1.65. The van der Waals surface area contributed by atoms with Crippen molar-refractivity contribution in [2.45, 2.75) is 52.5 Å². The number of carboxylic acid groups (broad SMARTS) is 1. The minimum atomic E-state index is -0.822. The maximum absolute atomic E-state index is 11.7. The van der Waals surface area contributed by atoms with Gasteiger partial charge in [0.1, 0.15) is 6.04 Å². The van der Waals surface area contributed by atoms with Crippen LogP contribution in [0.5, 0.6) is 0 Å². The fourth-order valence-corrected chi connectivity index (χ4v) is 2.06. The molecular formula is C14H28N2O3. The van der Waals surface area contributed by atoms with Crippen molar-refractivity contribution in [3.63, 3.8) is 0 Å². The molecule has 0 saturated carbocycles. The van der Waals surface area contributed by atoms with Crippen LogP contribution in [0.3, 0.4) is 0 Å². The quantitative estimate of drug-likeness (QED) is 0.528. The summed E-state index contributed by atoms with van der Waals surface area (Å²) in [5.74, 6) is -0.161. The van der Waals surface area contributed by atoms with E-state index >= 15 is 0 Å². The Kier molecular flexibility index (Phi) is 9.21. The fraction of sp³-hybridized carbons (Fsp3) is 0.857. The monoisotopic (exact) mass is 272 g/mol. The molecule has 2 atom stereocenters. The van der Waals surface area contributed by atoms with E-state index in [1.165, 1.54) is 0 Å². The minimum Gasteiger partial charge on any atom is -0.480 e. The molecule has 0 aliphatic heterocycles. The van der Waals surface area contributed by atoms with Crippen molar-refractivity contribution in [2.24, 2.45) is 11.8 Å². The van der Waals surface area contributed by atoms with Gasteiger partial charge in [0.15, 0.2) is 0 Å². The Labute approximate surface area is 116 Å². The average Bonchev–Trinajstić information content (AvgIpc) is 2.31. The molecule has 1 amide bonds. The standard InChI is InChI=1S/C14H28N2O3/c1-10(2)9-11(3)13(17)16-8-6-5-7-12(15-4)14(18)19/h10-12,15H,5-9H2,1-4H3,(H,16,17)(H,18,19)/t11-,12+/m1/s1. The normalized spacial score (nSPS) is 14.2. The zero-order valence-corrected chi connectivity index (χ0v) is 12.5. The first-order chi connectivity index (χ1) is 8.88. The predicted octanol–water partition coefficient (Wildman–Crippen LogP) is 1.63. The summed E-state index contributed by atoms with van der Waals surface area (Å²) in [6.45, 7) is 6.77. The van der Waals surface area contributed by atoms with E-state index in [-0.39, 0.29) is 11.8 Å². The molecule has 0 rings (SSSR count). The number of likely N-dealkylation sites (N-methyl/N-ethyl adjacent to an activating group) is 1. The van der Waals surface area contributed by atoms with E-state index < -0.39 is 12.0 Å². The predicted molar refractivity (Wildman–Crippen MR) is 76.0 cm³/mol. The molecule has 19 heavy (non-hydrogen) atoms.